The third kappa shape index (κ3) is 5.87. The topological polar surface area (TPSA) is 74.6 Å². The maximum absolute atomic E-state index is 9.76. The van der Waals surface area contributed by atoms with Gasteiger partial charge in [-0.25, -0.2) is 0 Å². The van der Waals surface area contributed by atoms with E-state index in [9.17, 15) is 8.42 Å². The Hall–Kier alpha value is -0.130. The Morgan fingerprint density at radius 2 is 2.00 bits per heavy atom. The molecule has 0 aliphatic heterocycles. The van der Waals surface area contributed by atoms with Crippen molar-refractivity contribution in [1.29, 1.82) is 0 Å². The molecule has 8 heavy (non-hydrogen) atoms. The van der Waals surface area contributed by atoms with Gasteiger partial charge in [0.15, 0.2) is 0 Å². The fraction of sp³-hybridized carbons (Fsp3) is 0.333. The normalized spacial score (nSPS) is 11.8. The smallest absolute Gasteiger partial charge is 0.269 e. The zero-order chi connectivity index (χ0) is 6.62. The standard InChI is InChI=1S/C3H6O4S/c4-2-1-3-8(5,6)7/h2-4H,1H2,(H,5,6,7). The van der Waals surface area contributed by atoms with Gasteiger partial charge in [-0.15, -0.1) is 0 Å². The molecular formula is C3H6O4S. The van der Waals surface area contributed by atoms with Crippen molar-refractivity contribution in [3.05, 3.63) is 12.4 Å². The SMILES string of the molecule is O=S(=O)(O)[CH]C[CH]O. The summed E-state index contributed by atoms with van der Waals surface area (Å²) in [7, 11) is -4.00. The molecule has 0 aliphatic carbocycles. The molecule has 0 atom stereocenters. The van der Waals surface area contributed by atoms with Gasteiger partial charge in [0.2, 0.25) is 0 Å². The van der Waals surface area contributed by atoms with Crippen LogP contribution in [0.25, 0.3) is 0 Å². The van der Waals surface area contributed by atoms with Gasteiger partial charge in [-0.3, -0.25) is 4.55 Å². The lowest BCUT2D eigenvalue weighted by atomic mass is 10.5. The fourth-order valence-electron chi connectivity index (χ4n) is 0.165. The molecule has 0 aromatic carbocycles. The molecule has 0 fully saturated rings. The molecule has 2 radical (unpaired) electrons. The molecule has 0 unspecified atom stereocenters. The van der Waals surface area contributed by atoms with Gasteiger partial charge >= 0.3 is 0 Å². The number of hydrogen-bond acceptors (Lipinski definition) is 3. The molecule has 0 spiro atoms. The van der Waals surface area contributed by atoms with Crippen LogP contribution in [0.3, 0.4) is 0 Å². The Morgan fingerprint density at radius 1 is 1.50 bits per heavy atom. The highest BCUT2D eigenvalue weighted by Gasteiger charge is 2.02. The Labute approximate surface area is 47.9 Å². The first kappa shape index (κ1) is 7.87. The second-order valence-corrected chi connectivity index (χ2v) is 2.46. The summed E-state index contributed by atoms with van der Waals surface area (Å²) in [6, 6.07) is 0. The van der Waals surface area contributed by atoms with Crippen LogP contribution >= 0.6 is 0 Å². The van der Waals surface area contributed by atoms with Crippen molar-refractivity contribution in [1.82, 2.24) is 0 Å². The third-order valence-corrected chi connectivity index (χ3v) is 1.03. The quantitative estimate of drug-likeness (QED) is 0.536. The van der Waals surface area contributed by atoms with Crippen molar-refractivity contribution in [2.75, 3.05) is 0 Å². The van der Waals surface area contributed by atoms with Gasteiger partial charge in [-0.1, -0.05) is 0 Å². The molecule has 0 bridgehead atoms. The Bertz CT molecular complexity index is 135. The lowest BCUT2D eigenvalue weighted by Crippen LogP contribution is -1.96. The minimum Gasteiger partial charge on any atom is -0.390 e. The molecule has 0 saturated heterocycles. The second-order valence-electron chi connectivity index (χ2n) is 1.10. The molecule has 48 valence electrons. The summed E-state index contributed by atoms with van der Waals surface area (Å²) in [6.45, 7) is 0.633. The molecule has 0 amide bonds. The van der Waals surface area contributed by atoms with E-state index in [0.29, 0.717) is 12.4 Å². The summed E-state index contributed by atoms with van der Waals surface area (Å²) >= 11 is 0. The van der Waals surface area contributed by atoms with Crippen molar-refractivity contribution < 1.29 is 18.1 Å². The summed E-state index contributed by atoms with van der Waals surface area (Å²) < 4.78 is 27.5. The van der Waals surface area contributed by atoms with Gasteiger partial charge in [0.05, 0.1) is 6.61 Å². The molecule has 0 saturated carbocycles. The highest BCUT2D eigenvalue weighted by atomic mass is 32.2. The van der Waals surface area contributed by atoms with E-state index in [-0.39, 0.29) is 6.42 Å². The Kier molecular flexibility index (Phi) is 2.96. The molecule has 0 heterocycles. The van der Waals surface area contributed by atoms with Crippen molar-refractivity contribution >= 4 is 10.1 Å². The summed E-state index contributed by atoms with van der Waals surface area (Å²) in [5, 5.41) is 7.90. The van der Waals surface area contributed by atoms with Gasteiger partial charge in [-0.05, 0) is 6.42 Å². The molecule has 5 heteroatoms. The van der Waals surface area contributed by atoms with Crippen LogP contribution in [-0.4, -0.2) is 18.1 Å². The molecular weight excluding hydrogens is 132 g/mol. The molecule has 2 N–H and O–H groups in total. The van der Waals surface area contributed by atoms with E-state index in [1.807, 2.05) is 0 Å². The van der Waals surface area contributed by atoms with E-state index in [1.54, 1.807) is 0 Å². The van der Waals surface area contributed by atoms with Gasteiger partial charge < -0.3 is 5.11 Å². The number of hydrogen-bond donors (Lipinski definition) is 2. The van der Waals surface area contributed by atoms with Gasteiger partial charge in [0, 0.05) is 0 Å². The first-order chi connectivity index (χ1) is 3.56. The van der Waals surface area contributed by atoms with E-state index < -0.39 is 10.1 Å². The lowest BCUT2D eigenvalue weighted by molar-refractivity contribution is 0.384. The molecule has 0 aliphatic rings. The minimum absolute atomic E-state index is 0.154. The van der Waals surface area contributed by atoms with Crippen LogP contribution in [0.4, 0.5) is 0 Å². The van der Waals surface area contributed by atoms with E-state index >= 15 is 0 Å². The fourth-order valence-corrected chi connectivity index (χ4v) is 0.494. The number of rotatable bonds is 3. The van der Waals surface area contributed by atoms with Crippen molar-refractivity contribution in [2.45, 2.75) is 6.42 Å². The molecule has 0 aromatic heterocycles. The van der Waals surface area contributed by atoms with Crippen LogP contribution in [0, 0.1) is 12.4 Å². The van der Waals surface area contributed by atoms with Crippen LogP contribution in [0.15, 0.2) is 0 Å². The summed E-state index contributed by atoms with van der Waals surface area (Å²) in [4.78, 5) is 0. The summed E-state index contributed by atoms with van der Waals surface area (Å²) in [5.41, 5.74) is 0. The van der Waals surface area contributed by atoms with Gasteiger partial charge in [-0.2, -0.15) is 8.42 Å². The van der Waals surface area contributed by atoms with Gasteiger partial charge in [0.25, 0.3) is 10.1 Å². The second kappa shape index (κ2) is 3.01. The first-order valence-electron chi connectivity index (χ1n) is 1.83. The van der Waals surface area contributed by atoms with Crippen LogP contribution in [0.1, 0.15) is 6.42 Å². The average molecular weight is 138 g/mol. The monoisotopic (exact) mass is 138 g/mol. The summed E-state index contributed by atoms with van der Waals surface area (Å²) in [6.07, 6.45) is -0.154. The van der Waals surface area contributed by atoms with E-state index in [1.165, 1.54) is 0 Å². The Morgan fingerprint density at radius 3 is 2.12 bits per heavy atom. The highest BCUT2D eigenvalue weighted by Crippen LogP contribution is 1.95. The maximum atomic E-state index is 9.76. The zero-order valence-electron chi connectivity index (χ0n) is 3.98. The highest BCUT2D eigenvalue weighted by molar-refractivity contribution is 7.87. The Balaban J connectivity index is 3.42. The number of aliphatic hydroxyl groups excluding tert-OH is 1. The molecule has 0 aromatic rings. The average Bonchev–Trinajstić information content (AvgIpc) is 1.59. The zero-order valence-corrected chi connectivity index (χ0v) is 4.80. The van der Waals surface area contributed by atoms with Crippen molar-refractivity contribution in [2.24, 2.45) is 0 Å². The van der Waals surface area contributed by atoms with Gasteiger partial charge in [0.1, 0.15) is 5.75 Å². The van der Waals surface area contributed by atoms with Crippen LogP contribution in [-0.2, 0) is 10.1 Å². The predicted octanol–water partition coefficient (Wildman–Crippen LogP) is -0.0396. The van der Waals surface area contributed by atoms with E-state index in [4.69, 9.17) is 9.66 Å². The largest absolute Gasteiger partial charge is 0.390 e. The van der Waals surface area contributed by atoms with Crippen LogP contribution in [0.2, 0.25) is 0 Å². The molecule has 0 rings (SSSR count). The maximum Gasteiger partial charge on any atom is 0.269 e. The number of aliphatic hydroxyl groups is 1. The lowest BCUT2D eigenvalue weighted by Gasteiger charge is -1.88. The van der Waals surface area contributed by atoms with Crippen molar-refractivity contribution in [3.63, 3.8) is 0 Å². The predicted molar refractivity (Wildman–Crippen MR) is 26.7 cm³/mol. The van der Waals surface area contributed by atoms with E-state index in [2.05, 4.69) is 0 Å². The first-order valence-corrected chi connectivity index (χ1v) is 3.33. The minimum atomic E-state index is -4.00. The molecule has 4 nitrogen and oxygen atoms in total. The van der Waals surface area contributed by atoms with E-state index in [0.717, 1.165) is 0 Å². The van der Waals surface area contributed by atoms with Crippen molar-refractivity contribution in [3.8, 4) is 0 Å². The summed E-state index contributed by atoms with van der Waals surface area (Å²) in [5.74, 6) is 0.590. The third-order valence-electron chi connectivity index (χ3n) is 0.412. The van der Waals surface area contributed by atoms with Crippen LogP contribution in [0.5, 0.6) is 0 Å². The van der Waals surface area contributed by atoms with Crippen LogP contribution < -0.4 is 0 Å².